The maximum atomic E-state index is 3.72. The number of piperazine rings is 1. The first-order valence-corrected chi connectivity index (χ1v) is 7.71. The third-order valence-electron chi connectivity index (χ3n) is 4.39. The van der Waals surface area contributed by atoms with E-state index in [9.17, 15) is 0 Å². The van der Waals surface area contributed by atoms with Crippen LogP contribution in [0.4, 0.5) is 0 Å². The van der Waals surface area contributed by atoms with Gasteiger partial charge in [0.2, 0.25) is 0 Å². The standard InChI is InChI=1S/C16H34N2/c1-12(2)8-9-13(3)18-11-15(16(5,6)7)17-10-14(18)4/h12-15,17H,8-11H2,1-7H3. The van der Waals surface area contributed by atoms with E-state index < -0.39 is 0 Å². The summed E-state index contributed by atoms with van der Waals surface area (Å²) in [5.41, 5.74) is 0.357. The van der Waals surface area contributed by atoms with E-state index in [-0.39, 0.29) is 0 Å². The Morgan fingerprint density at radius 1 is 1.17 bits per heavy atom. The predicted molar refractivity (Wildman–Crippen MR) is 80.9 cm³/mol. The largest absolute Gasteiger partial charge is 0.311 e. The van der Waals surface area contributed by atoms with E-state index in [0.717, 1.165) is 12.5 Å². The summed E-state index contributed by atoms with van der Waals surface area (Å²) in [6, 6.07) is 2.01. The van der Waals surface area contributed by atoms with E-state index in [1.807, 2.05) is 0 Å². The van der Waals surface area contributed by atoms with Crippen molar-refractivity contribution in [2.75, 3.05) is 13.1 Å². The van der Waals surface area contributed by atoms with Crippen LogP contribution in [0.25, 0.3) is 0 Å². The minimum atomic E-state index is 0.357. The van der Waals surface area contributed by atoms with Gasteiger partial charge in [0.25, 0.3) is 0 Å². The summed E-state index contributed by atoms with van der Waals surface area (Å²) in [5.74, 6) is 0.823. The third kappa shape index (κ3) is 4.55. The lowest BCUT2D eigenvalue weighted by Crippen LogP contribution is -2.61. The molecule has 0 aromatic carbocycles. The molecule has 0 aromatic heterocycles. The number of nitrogens with one attached hydrogen (secondary N) is 1. The topological polar surface area (TPSA) is 15.3 Å². The van der Waals surface area contributed by atoms with Gasteiger partial charge < -0.3 is 5.32 Å². The zero-order valence-electron chi connectivity index (χ0n) is 13.6. The fourth-order valence-corrected chi connectivity index (χ4v) is 2.82. The smallest absolute Gasteiger partial charge is 0.0244 e. The Kier molecular flexibility index (Phi) is 5.67. The number of hydrogen-bond acceptors (Lipinski definition) is 2. The minimum Gasteiger partial charge on any atom is -0.311 e. The van der Waals surface area contributed by atoms with E-state index in [1.54, 1.807) is 0 Å². The first-order valence-electron chi connectivity index (χ1n) is 7.71. The highest BCUT2D eigenvalue weighted by molar-refractivity contribution is 4.92. The fraction of sp³-hybridized carbons (Fsp3) is 1.00. The lowest BCUT2D eigenvalue weighted by atomic mass is 9.84. The van der Waals surface area contributed by atoms with Gasteiger partial charge in [-0.1, -0.05) is 34.6 Å². The van der Waals surface area contributed by atoms with Crippen molar-refractivity contribution >= 4 is 0 Å². The molecular formula is C16H34N2. The van der Waals surface area contributed by atoms with Gasteiger partial charge in [0.15, 0.2) is 0 Å². The van der Waals surface area contributed by atoms with Gasteiger partial charge in [0.05, 0.1) is 0 Å². The predicted octanol–water partition coefficient (Wildman–Crippen LogP) is 3.52. The second kappa shape index (κ2) is 6.38. The van der Waals surface area contributed by atoms with Crippen molar-refractivity contribution in [1.29, 1.82) is 0 Å². The van der Waals surface area contributed by atoms with Gasteiger partial charge in [-0.05, 0) is 38.0 Å². The fourth-order valence-electron chi connectivity index (χ4n) is 2.82. The average Bonchev–Trinajstić information content (AvgIpc) is 2.24. The van der Waals surface area contributed by atoms with Gasteiger partial charge in [-0.2, -0.15) is 0 Å². The Labute approximate surface area is 115 Å². The van der Waals surface area contributed by atoms with Crippen molar-refractivity contribution < 1.29 is 0 Å². The molecule has 1 saturated heterocycles. The molecule has 2 heteroatoms. The molecule has 0 aromatic rings. The number of hydrogen-bond donors (Lipinski definition) is 1. The van der Waals surface area contributed by atoms with E-state index in [1.165, 1.54) is 19.4 Å². The monoisotopic (exact) mass is 254 g/mol. The lowest BCUT2D eigenvalue weighted by Gasteiger charge is -2.46. The van der Waals surface area contributed by atoms with Crippen LogP contribution in [0.1, 0.15) is 61.3 Å². The molecule has 1 N–H and O–H groups in total. The van der Waals surface area contributed by atoms with Crippen LogP contribution in [0, 0.1) is 11.3 Å². The highest BCUT2D eigenvalue weighted by atomic mass is 15.3. The van der Waals surface area contributed by atoms with Gasteiger partial charge in [-0.25, -0.2) is 0 Å². The lowest BCUT2D eigenvalue weighted by molar-refractivity contribution is 0.0582. The molecule has 108 valence electrons. The Hall–Kier alpha value is -0.0800. The number of rotatable bonds is 4. The molecule has 18 heavy (non-hydrogen) atoms. The molecule has 0 radical (unpaired) electrons. The quantitative estimate of drug-likeness (QED) is 0.826. The van der Waals surface area contributed by atoms with Crippen LogP contribution < -0.4 is 5.32 Å². The zero-order chi connectivity index (χ0) is 13.9. The highest BCUT2D eigenvalue weighted by Crippen LogP contribution is 2.25. The molecule has 0 spiro atoms. The zero-order valence-corrected chi connectivity index (χ0v) is 13.6. The Morgan fingerprint density at radius 2 is 1.78 bits per heavy atom. The summed E-state index contributed by atoms with van der Waals surface area (Å²) in [6.07, 6.45) is 2.68. The molecule has 3 atom stereocenters. The van der Waals surface area contributed by atoms with Crippen molar-refractivity contribution in [1.82, 2.24) is 10.2 Å². The van der Waals surface area contributed by atoms with Crippen LogP contribution in [0.3, 0.4) is 0 Å². The van der Waals surface area contributed by atoms with E-state index in [0.29, 0.717) is 23.5 Å². The van der Waals surface area contributed by atoms with Crippen molar-refractivity contribution in [3.8, 4) is 0 Å². The molecule has 0 aliphatic carbocycles. The molecular weight excluding hydrogens is 220 g/mol. The highest BCUT2D eigenvalue weighted by Gasteiger charge is 2.34. The molecule has 1 fully saturated rings. The van der Waals surface area contributed by atoms with Crippen LogP contribution in [0.5, 0.6) is 0 Å². The maximum Gasteiger partial charge on any atom is 0.0244 e. The number of nitrogens with zero attached hydrogens (tertiary/aromatic N) is 1. The van der Waals surface area contributed by atoms with Gasteiger partial charge >= 0.3 is 0 Å². The Bertz CT molecular complexity index is 242. The van der Waals surface area contributed by atoms with Crippen LogP contribution in [0.15, 0.2) is 0 Å². The van der Waals surface area contributed by atoms with E-state index in [2.05, 4.69) is 58.7 Å². The Morgan fingerprint density at radius 3 is 2.28 bits per heavy atom. The van der Waals surface area contributed by atoms with Gasteiger partial charge in [0, 0.05) is 31.2 Å². The summed E-state index contributed by atoms with van der Waals surface area (Å²) in [7, 11) is 0. The average molecular weight is 254 g/mol. The molecule has 1 aliphatic rings. The minimum absolute atomic E-state index is 0.357. The van der Waals surface area contributed by atoms with Gasteiger partial charge in [-0.15, -0.1) is 0 Å². The van der Waals surface area contributed by atoms with E-state index in [4.69, 9.17) is 0 Å². The molecule has 1 rings (SSSR count). The van der Waals surface area contributed by atoms with Crippen LogP contribution in [-0.4, -0.2) is 36.1 Å². The molecule has 0 amide bonds. The SMILES string of the molecule is CC(C)CCC(C)N1CC(C(C)(C)C)NCC1C. The van der Waals surface area contributed by atoms with Crippen molar-refractivity contribution in [3.63, 3.8) is 0 Å². The van der Waals surface area contributed by atoms with Crippen LogP contribution in [-0.2, 0) is 0 Å². The normalized spacial score (nSPS) is 28.7. The van der Waals surface area contributed by atoms with Crippen LogP contribution >= 0.6 is 0 Å². The molecule has 0 saturated carbocycles. The van der Waals surface area contributed by atoms with Gasteiger partial charge in [-0.3, -0.25) is 4.90 Å². The maximum absolute atomic E-state index is 3.72. The van der Waals surface area contributed by atoms with Crippen LogP contribution in [0.2, 0.25) is 0 Å². The Balaban J connectivity index is 2.56. The molecule has 1 heterocycles. The summed E-state index contributed by atoms with van der Waals surface area (Å²) < 4.78 is 0. The van der Waals surface area contributed by atoms with Gasteiger partial charge in [0.1, 0.15) is 0 Å². The van der Waals surface area contributed by atoms with E-state index >= 15 is 0 Å². The van der Waals surface area contributed by atoms with Crippen molar-refractivity contribution in [2.45, 2.75) is 79.4 Å². The van der Waals surface area contributed by atoms with Crippen molar-refractivity contribution in [2.24, 2.45) is 11.3 Å². The molecule has 2 nitrogen and oxygen atoms in total. The summed E-state index contributed by atoms with van der Waals surface area (Å²) in [6.45, 7) is 18.8. The first kappa shape index (κ1) is 16.0. The summed E-state index contributed by atoms with van der Waals surface area (Å²) >= 11 is 0. The molecule has 1 aliphatic heterocycles. The summed E-state index contributed by atoms with van der Waals surface area (Å²) in [5, 5.41) is 3.72. The molecule has 3 unspecified atom stereocenters. The second-order valence-corrected chi connectivity index (χ2v) is 7.69. The first-order chi connectivity index (χ1) is 8.21. The molecule has 0 bridgehead atoms. The van der Waals surface area contributed by atoms with Crippen molar-refractivity contribution in [3.05, 3.63) is 0 Å². The second-order valence-electron chi connectivity index (χ2n) is 7.69. The summed E-state index contributed by atoms with van der Waals surface area (Å²) in [4.78, 5) is 2.72. The third-order valence-corrected chi connectivity index (χ3v) is 4.39.